The number of carbonyl (C=O) groups excluding carboxylic acids is 2. The molecule has 21 heavy (non-hydrogen) atoms. The van der Waals surface area contributed by atoms with E-state index >= 15 is 0 Å². The molecule has 0 radical (unpaired) electrons. The number of hydrogen-bond donors (Lipinski definition) is 3. The highest BCUT2D eigenvalue weighted by atomic mass is 16.3. The average Bonchev–Trinajstić information content (AvgIpc) is 2.95. The Hall–Kier alpha value is -1.14. The zero-order valence-electron chi connectivity index (χ0n) is 12.9. The minimum atomic E-state index is -0.407. The summed E-state index contributed by atoms with van der Waals surface area (Å²) < 4.78 is 0. The number of nitrogens with one attached hydrogen (secondary N) is 2. The maximum absolute atomic E-state index is 12.5. The van der Waals surface area contributed by atoms with E-state index in [2.05, 4.69) is 10.6 Å². The second-order valence-electron chi connectivity index (χ2n) is 6.30. The van der Waals surface area contributed by atoms with E-state index in [9.17, 15) is 9.59 Å². The zero-order chi connectivity index (χ0) is 15.3. The van der Waals surface area contributed by atoms with Gasteiger partial charge in [-0.25, -0.2) is 0 Å². The van der Waals surface area contributed by atoms with Crippen LogP contribution in [0.15, 0.2) is 0 Å². The standard InChI is InChI=1S/C15H27N3O3/c1-15(6-2-8-17-15)14(21)18-9-4-12(5-10-18)13(20)16-7-3-11-19/h12,17,19H,2-11H2,1H3,(H,16,20). The molecule has 2 rings (SSSR count). The van der Waals surface area contributed by atoms with Crippen LogP contribution in [0.4, 0.5) is 0 Å². The fourth-order valence-electron chi connectivity index (χ4n) is 3.21. The SMILES string of the molecule is CC1(C(=O)N2CCC(C(=O)NCCCO)CC2)CCCN1. The van der Waals surface area contributed by atoms with E-state index in [1.807, 2.05) is 11.8 Å². The van der Waals surface area contributed by atoms with E-state index < -0.39 is 5.54 Å². The van der Waals surface area contributed by atoms with E-state index in [1.54, 1.807) is 0 Å². The fourth-order valence-corrected chi connectivity index (χ4v) is 3.21. The first-order chi connectivity index (χ1) is 10.1. The molecule has 2 aliphatic rings. The first-order valence-corrected chi connectivity index (χ1v) is 8.00. The normalized spacial score (nSPS) is 26.9. The molecule has 0 aromatic rings. The lowest BCUT2D eigenvalue weighted by Gasteiger charge is -2.36. The molecule has 0 spiro atoms. The number of piperidine rings is 1. The number of nitrogens with zero attached hydrogens (tertiary/aromatic N) is 1. The number of likely N-dealkylation sites (tertiary alicyclic amines) is 1. The van der Waals surface area contributed by atoms with Crippen molar-refractivity contribution in [1.29, 1.82) is 0 Å². The Kier molecular flexibility index (Phi) is 5.58. The number of rotatable bonds is 5. The highest BCUT2D eigenvalue weighted by molar-refractivity contribution is 5.86. The molecule has 0 bridgehead atoms. The summed E-state index contributed by atoms with van der Waals surface area (Å²) >= 11 is 0. The third-order valence-corrected chi connectivity index (χ3v) is 4.63. The molecule has 1 atom stereocenters. The third kappa shape index (κ3) is 3.95. The van der Waals surface area contributed by atoms with Gasteiger partial charge in [-0.15, -0.1) is 0 Å². The van der Waals surface area contributed by atoms with Crippen molar-refractivity contribution in [1.82, 2.24) is 15.5 Å². The molecular formula is C15H27N3O3. The summed E-state index contributed by atoms with van der Waals surface area (Å²) in [5, 5.41) is 14.9. The lowest BCUT2D eigenvalue weighted by Crippen LogP contribution is -2.55. The van der Waals surface area contributed by atoms with Crippen LogP contribution in [0.3, 0.4) is 0 Å². The maximum atomic E-state index is 12.5. The number of aliphatic hydroxyl groups is 1. The van der Waals surface area contributed by atoms with Gasteiger partial charge >= 0.3 is 0 Å². The van der Waals surface area contributed by atoms with Crippen LogP contribution in [-0.2, 0) is 9.59 Å². The van der Waals surface area contributed by atoms with Gasteiger partial charge in [-0.05, 0) is 45.6 Å². The molecule has 2 heterocycles. The van der Waals surface area contributed by atoms with Gasteiger partial charge in [-0.3, -0.25) is 9.59 Å². The summed E-state index contributed by atoms with van der Waals surface area (Å²) in [4.78, 5) is 26.4. The van der Waals surface area contributed by atoms with Crippen molar-refractivity contribution in [2.24, 2.45) is 5.92 Å². The molecule has 0 saturated carbocycles. The topological polar surface area (TPSA) is 81.7 Å². The monoisotopic (exact) mass is 297 g/mol. The predicted molar refractivity (Wildman–Crippen MR) is 79.7 cm³/mol. The summed E-state index contributed by atoms with van der Waals surface area (Å²) in [6.07, 6.45) is 3.99. The summed E-state index contributed by atoms with van der Waals surface area (Å²) in [5.74, 6) is 0.233. The van der Waals surface area contributed by atoms with Crippen LogP contribution in [0.1, 0.15) is 39.0 Å². The smallest absolute Gasteiger partial charge is 0.242 e. The van der Waals surface area contributed by atoms with Crippen LogP contribution in [0.5, 0.6) is 0 Å². The molecular weight excluding hydrogens is 270 g/mol. The van der Waals surface area contributed by atoms with Gasteiger partial charge in [-0.2, -0.15) is 0 Å². The molecule has 120 valence electrons. The zero-order valence-corrected chi connectivity index (χ0v) is 12.9. The molecule has 2 amide bonds. The Morgan fingerprint density at radius 1 is 1.38 bits per heavy atom. The Bertz CT molecular complexity index is 372. The van der Waals surface area contributed by atoms with Gasteiger partial charge < -0.3 is 20.6 Å². The molecule has 2 fully saturated rings. The number of hydrogen-bond acceptors (Lipinski definition) is 4. The van der Waals surface area contributed by atoms with Crippen molar-refractivity contribution in [3.63, 3.8) is 0 Å². The number of amides is 2. The highest BCUT2D eigenvalue weighted by Gasteiger charge is 2.40. The molecule has 0 aromatic heterocycles. The second-order valence-corrected chi connectivity index (χ2v) is 6.30. The molecule has 3 N–H and O–H groups in total. The maximum Gasteiger partial charge on any atom is 0.242 e. The summed E-state index contributed by atoms with van der Waals surface area (Å²) in [7, 11) is 0. The minimum Gasteiger partial charge on any atom is -0.396 e. The van der Waals surface area contributed by atoms with E-state index in [0.29, 0.717) is 26.1 Å². The molecule has 1 unspecified atom stereocenters. The second kappa shape index (κ2) is 7.22. The highest BCUT2D eigenvalue weighted by Crippen LogP contribution is 2.25. The van der Waals surface area contributed by atoms with Gasteiger partial charge in [0.2, 0.25) is 11.8 Å². The van der Waals surface area contributed by atoms with Crippen LogP contribution in [0.25, 0.3) is 0 Å². The van der Waals surface area contributed by atoms with Gasteiger partial charge in [0.05, 0.1) is 5.54 Å². The fraction of sp³-hybridized carbons (Fsp3) is 0.867. The lowest BCUT2D eigenvalue weighted by molar-refractivity contribution is -0.140. The molecule has 2 saturated heterocycles. The van der Waals surface area contributed by atoms with E-state index in [4.69, 9.17) is 5.11 Å². The summed E-state index contributed by atoms with van der Waals surface area (Å²) in [6.45, 7) is 4.83. The van der Waals surface area contributed by atoms with Crippen molar-refractivity contribution < 1.29 is 14.7 Å². The summed E-state index contributed by atoms with van der Waals surface area (Å²) in [5.41, 5.74) is -0.407. The average molecular weight is 297 g/mol. The number of carbonyl (C=O) groups is 2. The largest absolute Gasteiger partial charge is 0.396 e. The lowest BCUT2D eigenvalue weighted by atomic mass is 9.92. The van der Waals surface area contributed by atoms with Gasteiger partial charge in [0, 0.05) is 32.2 Å². The van der Waals surface area contributed by atoms with Crippen molar-refractivity contribution >= 4 is 11.8 Å². The molecule has 6 nitrogen and oxygen atoms in total. The van der Waals surface area contributed by atoms with E-state index in [1.165, 1.54) is 0 Å². The first-order valence-electron chi connectivity index (χ1n) is 8.00. The van der Waals surface area contributed by atoms with Crippen molar-refractivity contribution in [2.75, 3.05) is 32.8 Å². The van der Waals surface area contributed by atoms with E-state index in [0.717, 1.165) is 32.2 Å². The minimum absolute atomic E-state index is 0.00270. The third-order valence-electron chi connectivity index (χ3n) is 4.63. The van der Waals surface area contributed by atoms with Crippen LogP contribution in [-0.4, -0.2) is 60.1 Å². The number of aliphatic hydroxyl groups excluding tert-OH is 1. The van der Waals surface area contributed by atoms with Crippen LogP contribution in [0.2, 0.25) is 0 Å². The van der Waals surface area contributed by atoms with Crippen LogP contribution in [0, 0.1) is 5.92 Å². The molecule has 0 aromatic carbocycles. The van der Waals surface area contributed by atoms with Gasteiger partial charge in [0.25, 0.3) is 0 Å². The molecule has 6 heteroatoms. The predicted octanol–water partition coefficient (Wildman–Crippen LogP) is -0.134. The van der Waals surface area contributed by atoms with Crippen LogP contribution >= 0.6 is 0 Å². The Labute approximate surface area is 126 Å². The Balaban J connectivity index is 1.77. The van der Waals surface area contributed by atoms with Crippen molar-refractivity contribution in [3.05, 3.63) is 0 Å². The van der Waals surface area contributed by atoms with Gasteiger partial charge in [-0.1, -0.05) is 0 Å². The Morgan fingerprint density at radius 3 is 2.67 bits per heavy atom. The molecule has 2 aliphatic heterocycles. The Morgan fingerprint density at radius 2 is 2.10 bits per heavy atom. The van der Waals surface area contributed by atoms with Gasteiger partial charge in [0.1, 0.15) is 0 Å². The first kappa shape index (κ1) is 16.2. The summed E-state index contributed by atoms with van der Waals surface area (Å²) in [6, 6.07) is 0. The van der Waals surface area contributed by atoms with Crippen molar-refractivity contribution in [2.45, 2.75) is 44.6 Å². The quantitative estimate of drug-likeness (QED) is 0.617. The van der Waals surface area contributed by atoms with Gasteiger partial charge in [0.15, 0.2) is 0 Å². The van der Waals surface area contributed by atoms with Crippen molar-refractivity contribution in [3.8, 4) is 0 Å². The van der Waals surface area contributed by atoms with E-state index in [-0.39, 0.29) is 24.3 Å². The van der Waals surface area contributed by atoms with Crippen LogP contribution < -0.4 is 10.6 Å². The molecule has 0 aliphatic carbocycles.